The van der Waals surface area contributed by atoms with E-state index < -0.39 is 0 Å². The zero-order chi connectivity index (χ0) is 12.5. The first-order valence-electron chi connectivity index (χ1n) is 6.70. The lowest BCUT2D eigenvalue weighted by Gasteiger charge is -2.33. The van der Waals surface area contributed by atoms with Gasteiger partial charge in [0.2, 0.25) is 0 Å². The lowest BCUT2D eigenvalue weighted by atomic mass is 9.99. The van der Waals surface area contributed by atoms with Gasteiger partial charge >= 0.3 is 0 Å². The zero-order valence-electron chi connectivity index (χ0n) is 10.3. The van der Waals surface area contributed by atoms with E-state index in [2.05, 4.69) is 44.9 Å². The van der Waals surface area contributed by atoms with E-state index in [9.17, 15) is 0 Å². The van der Waals surface area contributed by atoms with Crippen molar-refractivity contribution in [1.82, 2.24) is 4.90 Å². The maximum absolute atomic E-state index is 6.30. The first-order chi connectivity index (χ1) is 8.74. The Balaban J connectivity index is 1.72. The second kappa shape index (κ2) is 5.55. The molecule has 1 aromatic rings. The van der Waals surface area contributed by atoms with Crippen LogP contribution < -0.4 is 5.32 Å². The molecule has 0 radical (unpaired) electrons. The molecule has 0 aliphatic carbocycles. The fraction of sp³-hybridized carbons (Fsp3) is 0.571. The molecule has 0 bridgehead atoms. The summed E-state index contributed by atoms with van der Waals surface area (Å²) in [6.07, 6.45) is 5.32. The highest BCUT2D eigenvalue weighted by Gasteiger charge is 2.35. The minimum absolute atomic E-state index is 0.572. The van der Waals surface area contributed by atoms with E-state index in [0.717, 1.165) is 10.7 Å². The molecule has 1 aromatic carbocycles. The molecule has 0 amide bonds. The summed E-state index contributed by atoms with van der Waals surface area (Å²) in [5, 5.41) is 4.50. The van der Waals surface area contributed by atoms with Crippen molar-refractivity contribution in [3.05, 3.63) is 26.8 Å². The second-order valence-corrected chi connectivity index (χ2v) is 6.92. The van der Waals surface area contributed by atoms with E-state index in [-0.39, 0.29) is 0 Å². The van der Waals surface area contributed by atoms with Crippen LogP contribution >= 0.6 is 34.2 Å². The lowest BCUT2D eigenvalue weighted by molar-refractivity contribution is 0.193. The Kier molecular flexibility index (Phi) is 4.01. The van der Waals surface area contributed by atoms with E-state index in [1.165, 1.54) is 42.3 Å². The van der Waals surface area contributed by atoms with Crippen molar-refractivity contribution in [2.45, 2.75) is 37.8 Å². The summed E-state index contributed by atoms with van der Waals surface area (Å²) < 4.78 is 1.19. The maximum Gasteiger partial charge on any atom is 0.0648 e. The topological polar surface area (TPSA) is 15.3 Å². The highest BCUT2D eigenvalue weighted by Crippen LogP contribution is 2.31. The monoisotopic (exact) mass is 376 g/mol. The van der Waals surface area contributed by atoms with Crippen LogP contribution in [0.1, 0.15) is 25.7 Å². The Morgan fingerprint density at radius 2 is 2.11 bits per heavy atom. The third-order valence-corrected chi connectivity index (χ3v) is 5.11. The van der Waals surface area contributed by atoms with Crippen LogP contribution in [0.3, 0.4) is 0 Å². The summed E-state index contributed by atoms with van der Waals surface area (Å²) in [5.41, 5.74) is 1.09. The van der Waals surface area contributed by atoms with Crippen LogP contribution in [0, 0.1) is 3.57 Å². The number of benzene rings is 1. The number of halogens is 2. The van der Waals surface area contributed by atoms with Crippen molar-refractivity contribution in [3.8, 4) is 0 Å². The molecule has 2 fully saturated rings. The number of fused-ring (bicyclic) bond motifs is 1. The van der Waals surface area contributed by atoms with E-state index in [1.54, 1.807) is 0 Å². The first-order valence-corrected chi connectivity index (χ1v) is 8.15. The first kappa shape index (κ1) is 13.0. The molecule has 2 heterocycles. The van der Waals surface area contributed by atoms with Crippen LogP contribution in [0.4, 0.5) is 5.69 Å². The highest BCUT2D eigenvalue weighted by atomic mass is 127. The lowest BCUT2D eigenvalue weighted by Crippen LogP contribution is -2.41. The largest absolute Gasteiger partial charge is 0.379 e. The summed E-state index contributed by atoms with van der Waals surface area (Å²) in [6.45, 7) is 2.52. The molecule has 4 heteroatoms. The molecule has 2 saturated heterocycles. The summed E-state index contributed by atoms with van der Waals surface area (Å²) in [7, 11) is 0. The Morgan fingerprint density at radius 1 is 1.22 bits per heavy atom. The van der Waals surface area contributed by atoms with E-state index in [4.69, 9.17) is 11.6 Å². The summed E-state index contributed by atoms with van der Waals surface area (Å²) in [4.78, 5) is 2.64. The fourth-order valence-corrected chi connectivity index (χ4v) is 4.13. The molecule has 2 aliphatic rings. The number of rotatable bonds is 2. The minimum atomic E-state index is 0.572. The van der Waals surface area contributed by atoms with Gasteiger partial charge in [-0.1, -0.05) is 18.0 Å². The Labute approximate surface area is 127 Å². The zero-order valence-corrected chi connectivity index (χ0v) is 13.2. The summed E-state index contributed by atoms with van der Waals surface area (Å²) in [6, 6.07) is 7.53. The molecule has 2 atom stereocenters. The van der Waals surface area contributed by atoms with Gasteiger partial charge in [0.1, 0.15) is 0 Å². The van der Waals surface area contributed by atoms with Gasteiger partial charge in [-0.25, -0.2) is 0 Å². The molecule has 18 heavy (non-hydrogen) atoms. The van der Waals surface area contributed by atoms with Crippen LogP contribution in [0.25, 0.3) is 0 Å². The van der Waals surface area contributed by atoms with Gasteiger partial charge in [0.25, 0.3) is 0 Å². The van der Waals surface area contributed by atoms with Crippen molar-refractivity contribution < 1.29 is 0 Å². The van der Waals surface area contributed by atoms with Crippen LogP contribution in [0.2, 0.25) is 5.02 Å². The molecule has 2 aliphatic heterocycles. The third-order valence-electron chi connectivity index (χ3n) is 4.13. The van der Waals surface area contributed by atoms with Gasteiger partial charge in [0.15, 0.2) is 0 Å². The molecular weight excluding hydrogens is 359 g/mol. The predicted molar refractivity (Wildman–Crippen MR) is 85.4 cm³/mol. The van der Waals surface area contributed by atoms with Crippen molar-refractivity contribution in [2.75, 3.05) is 18.4 Å². The molecule has 3 rings (SSSR count). The Morgan fingerprint density at radius 3 is 2.94 bits per heavy atom. The van der Waals surface area contributed by atoms with Gasteiger partial charge in [0, 0.05) is 22.2 Å². The molecule has 2 unspecified atom stereocenters. The Hall–Kier alpha value is -0.000000000000000132. The summed E-state index contributed by atoms with van der Waals surface area (Å²) >= 11 is 8.60. The van der Waals surface area contributed by atoms with Gasteiger partial charge in [-0.2, -0.15) is 0 Å². The number of nitrogens with zero attached hydrogens (tertiary/aromatic N) is 1. The van der Waals surface area contributed by atoms with E-state index >= 15 is 0 Å². The smallest absolute Gasteiger partial charge is 0.0648 e. The average Bonchev–Trinajstić information content (AvgIpc) is 2.76. The molecule has 0 saturated carbocycles. The molecule has 98 valence electrons. The quantitative estimate of drug-likeness (QED) is 0.785. The summed E-state index contributed by atoms with van der Waals surface area (Å²) in [5.74, 6) is 0. The van der Waals surface area contributed by atoms with E-state index in [0.29, 0.717) is 12.1 Å². The highest BCUT2D eigenvalue weighted by molar-refractivity contribution is 14.1. The van der Waals surface area contributed by atoms with E-state index in [1.807, 2.05) is 6.07 Å². The Bertz CT molecular complexity index is 438. The van der Waals surface area contributed by atoms with Crippen LogP contribution in [-0.2, 0) is 0 Å². The van der Waals surface area contributed by atoms with Gasteiger partial charge in [-0.15, -0.1) is 0 Å². The number of hydrogen-bond acceptors (Lipinski definition) is 2. The van der Waals surface area contributed by atoms with Crippen molar-refractivity contribution in [3.63, 3.8) is 0 Å². The van der Waals surface area contributed by atoms with Crippen LogP contribution in [0.15, 0.2) is 18.2 Å². The molecule has 0 spiro atoms. The predicted octanol–water partition coefficient (Wildman–Crippen LogP) is 3.98. The fourth-order valence-electron chi connectivity index (χ4n) is 3.22. The van der Waals surface area contributed by atoms with Gasteiger partial charge < -0.3 is 5.32 Å². The second-order valence-electron chi connectivity index (χ2n) is 5.26. The SMILES string of the molecule is Clc1cc(I)ccc1NC1CCN2CCCCC12. The molecular formula is C14H18ClIN2. The number of nitrogens with one attached hydrogen (secondary N) is 1. The van der Waals surface area contributed by atoms with Crippen LogP contribution in [-0.4, -0.2) is 30.1 Å². The minimum Gasteiger partial charge on any atom is -0.379 e. The van der Waals surface area contributed by atoms with Crippen LogP contribution in [0.5, 0.6) is 0 Å². The molecule has 0 aromatic heterocycles. The number of hydrogen-bond donors (Lipinski definition) is 1. The third kappa shape index (κ3) is 2.63. The normalized spacial score (nSPS) is 28.1. The number of piperidine rings is 1. The van der Waals surface area contributed by atoms with Crippen molar-refractivity contribution in [2.24, 2.45) is 0 Å². The molecule has 2 nitrogen and oxygen atoms in total. The molecule has 1 N–H and O–H groups in total. The van der Waals surface area contributed by atoms with Crippen molar-refractivity contribution >= 4 is 39.9 Å². The van der Waals surface area contributed by atoms with Gasteiger partial charge in [0.05, 0.1) is 10.7 Å². The van der Waals surface area contributed by atoms with Gasteiger partial charge in [-0.3, -0.25) is 4.90 Å². The van der Waals surface area contributed by atoms with Crippen molar-refractivity contribution in [1.29, 1.82) is 0 Å². The average molecular weight is 377 g/mol. The van der Waals surface area contributed by atoms with Gasteiger partial charge in [-0.05, 0) is 66.6 Å². The standard InChI is InChI=1S/C14H18ClIN2/c15-11-9-10(16)4-5-12(11)17-13-6-8-18-7-2-1-3-14(13)18/h4-5,9,13-14,17H,1-3,6-8H2. The maximum atomic E-state index is 6.30. The number of anilines is 1.